The summed E-state index contributed by atoms with van der Waals surface area (Å²) in [6.45, 7) is 6.48. The van der Waals surface area contributed by atoms with Crippen LogP contribution in [0, 0.1) is 0 Å². The standard InChI is InChI=1S/C51H99NO5/c1-4-7-10-13-16-19-21-23-24-25-27-29-32-35-38-41-44-51(56)57-47(42-39-36-33-31-28-26-22-20-17-14-11-8-5-2)45-50(55)52-48(46-53)49(54)43-40-37-34-30-18-15-12-9-6-3/h24-25,47-49,53-54H,4-23,26-46H2,1-3H3,(H,52,55)/b25-24+. The molecule has 0 aromatic rings. The van der Waals surface area contributed by atoms with Crippen LogP contribution in [0.15, 0.2) is 12.2 Å². The average Bonchev–Trinajstić information content (AvgIpc) is 3.20. The molecular weight excluding hydrogens is 707 g/mol. The Morgan fingerprint density at radius 3 is 1.25 bits per heavy atom. The van der Waals surface area contributed by atoms with Crippen molar-refractivity contribution in [3.8, 4) is 0 Å². The minimum atomic E-state index is -0.781. The molecule has 0 spiro atoms. The van der Waals surface area contributed by atoms with Crippen LogP contribution < -0.4 is 5.32 Å². The van der Waals surface area contributed by atoms with Gasteiger partial charge in [-0.15, -0.1) is 0 Å². The molecule has 0 bridgehead atoms. The van der Waals surface area contributed by atoms with Crippen LogP contribution in [0.2, 0.25) is 0 Å². The Hall–Kier alpha value is -1.40. The summed E-state index contributed by atoms with van der Waals surface area (Å²) in [5.41, 5.74) is 0. The maximum Gasteiger partial charge on any atom is 0.306 e. The van der Waals surface area contributed by atoms with Crippen LogP contribution in [0.25, 0.3) is 0 Å². The number of aliphatic hydroxyl groups excluding tert-OH is 2. The third-order valence-electron chi connectivity index (χ3n) is 11.8. The lowest BCUT2D eigenvalue weighted by Crippen LogP contribution is -2.46. The van der Waals surface area contributed by atoms with Gasteiger partial charge in [-0.2, -0.15) is 0 Å². The van der Waals surface area contributed by atoms with E-state index in [4.69, 9.17) is 4.74 Å². The molecule has 0 rings (SSSR count). The number of aliphatic hydroxyl groups is 2. The summed E-state index contributed by atoms with van der Waals surface area (Å²) in [6, 6.07) is -0.695. The van der Waals surface area contributed by atoms with Crippen molar-refractivity contribution >= 4 is 11.9 Å². The number of esters is 1. The number of hydrogen-bond donors (Lipinski definition) is 3. The molecule has 3 atom stereocenters. The first-order chi connectivity index (χ1) is 28.0. The third-order valence-corrected chi connectivity index (χ3v) is 11.8. The average molecular weight is 806 g/mol. The molecule has 0 heterocycles. The number of ether oxygens (including phenoxy) is 1. The Labute approximate surface area is 355 Å². The molecule has 0 fully saturated rings. The molecule has 0 radical (unpaired) electrons. The summed E-state index contributed by atoms with van der Waals surface area (Å²) in [5.74, 6) is -0.468. The molecule has 0 aliphatic rings. The SMILES string of the molecule is CCCCCCCCC/C=C/CCCCCCCC(=O)OC(CCCCCCCCCCCCCCC)CC(=O)NC(CO)C(O)CCCCCCCCCCC. The first kappa shape index (κ1) is 55.6. The van der Waals surface area contributed by atoms with Gasteiger partial charge in [0.2, 0.25) is 5.91 Å². The van der Waals surface area contributed by atoms with Crippen molar-refractivity contribution in [3.63, 3.8) is 0 Å². The fraction of sp³-hybridized carbons (Fsp3) is 0.922. The number of unbranched alkanes of at least 4 members (excludes halogenated alkanes) is 32. The van der Waals surface area contributed by atoms with E-state index in [2.05, 4.69) is 38.2 Å². The van der Waals surface area contributed by atoms with Crippen LogP contribution in [0.4, 0.5) is 0 Å². The number of amides is 1. The summed E-state index contributed by atoms with van der Waals surface area (Å²) < 4.78 is 5.93. The van der Waals surface area contributed by atoms with Crippen molar-refractivity contribution in [1.29, 1.82) is 0 Å². The lowest BCUT2D eigenvalue weighted by Gasteiger charge is -2.24. The van der Waals surface area contributed by atoms with Gasteiger partial charge in [-0.1, -0.05) is 226 Å². The zero-order valence-electron chi connectivity index (χ0n) is 38.5. The first-order valence-corrected chi connectivity index (χ1v) is 25.4. The lowest BCUT2D eigenvalue weighted by atomic mass is 10.0. The molecule has 3 unspecified atom stereocenters. The van der Waals surface area contributed by atoms with Crippen LogP contribution in [0.5, 0.6) is 0 Å². The van der Waals surface area contributed by atoms with Gasteiger partial charge in [0.05, 0.1) is 25.2 Å². The fourth-order valence-electron chi connectivity index (χ4n) is 7.96. The Morgan fingerprint density at radius 1 is 0.491 bits per heavy atom. The maximum atomic E-state index is 13.2. The van der Waals surface area contributed by atoms with Crippen molar-refractivity contribution in [3.05, 3.63) is 12.2 Å². The van der Waals surface area contributed by atoms with Crippen LogP contribution in [-0.2, 0) is 14.3 Å². The van der Waals surface area contributed by atoms with Gasteiger partial charge in [-0.05, 0) is 51.4 Å². The number of allylic oxidation sites excluding steroid dienone is 2. The van der Waals surface area contributed by atoms with Crippen molar-refractivity contribution in [1.82, 2.24) is 5.32 Å². The molecule has 1 amide bonds. The van der Waals surface area contributed by atoms with Crippen LogP contribution in [0.3, 0.4) is 0 Å². The zero-order chi connectivity index (χ0) is 41.7. The summed E-state index contributed by atoms with van der Waals surface area (Å²) >= 11 is 0. The summed E-state index contributed by atoms with van der Waals surface area (Å²) in [5, 5.41) is 23.7. The van der Waals surface area contributed by atoms with E-state index in [1.54, 1.807) is 0 Å². The first-order valence-electron chi connectivity index (χ1n) is 25.4. The Balaban J connectivity index is 4.53. The van der Waals surface area contributed by atoms with Crippen molar-refractivity contribution in [2.45, 2.75) is 296 Å². The molecule has 0 aliphatic heterocycles. The second-order valence-corrected chi connectivity index (χ2v) is 17.6. The monoisotopic (exact) mass is 806 g/mol. The van der Waals surface area contributed by atoms with Gasteiger partial charge in [0.25, 0.3) is 0 Å². The van der Waals surface area contributed by atoms with Gasteiger partial charge in [-0.25, -0.2) is 0 Å². The Bertz CT molecular complexity index is 863. The van der Waals surface area contributed by atoms with Gasteiger partial charge in [0.15, 0.2) is 0 Å². The molecule has 338 valence electrons. The molecule has 0 aromatic carbocycles. The summed E-state index contributed by atoms with van der Waals surface area (Å²) in [4.78, 5) is 26.1. The smallest absolute Gasteiger partial charge is 0.306 e. The van der Waals surface area contributed by atoms with Gasteiger partial charge in [0.1, 0.15) is 6.10 Å². The summed E-state index contributed by atoms with van der Waals surface area (Å²) in [7, 11) is 0. The van der Waals surface area contributed by atoms with E-state index in [0.29, 0.717) is 19.3 Å². The van der Waals surface area contributed by atoms with E-state index >= 15 is 0 Å². The quantitative estimate of drug-likeness (QED) is 0.0323. The Morgan fingerprint density at radius 2 is 0.842 bits per heavy atom. The highest BCUT2D eigenvalue weighted by molar-refractivity contribution is 5.77. The minimum Gasteiger partial charge on any atom is -0.462 e. The van der Waals surface area contributed by atoms with Crippen molar-refractivity contribution < 1.29 is 24.5 Å². The minimum absolute atomic E-state index is 0.0811. The van der Waals surface area contributed by atoms with Crippen LogP contribution in [-0.4, -0.2) is 46.9 Å². The van der Waals surface area contributed by atoms with E-state index in [1.165, 1.54) is 173 Å². The van der Waals surface area contributed by atoms with Gasteiger partial charge in [-0.3, -0.25) is 9.59 Å². The van der Waals surface area contributed by atoms with Crippen LogP contribution in [0.1, 0.15) is 278 Å². The molecule has 6 nitrogen and oxygen atoms in total. The van der Waals surface area contributed by atoms with E-state index < -0.39 is 18.2 Å². The molecule has 0 aromatic heterocycles. The van der Waals surface area contributed by atoms with Crippen LogP contribution >= 0.6 is 0 Å². The topological polar surface area (TPSA) is 95.9 Å². The number of carbonyl (C=O) groups excluding carboxylic acids is 2. The normalized spacial score (nSPS) is 13.3. The van der Waals surface area contributed by atoms with E-state index in [-0.39, 0.29) is 24.9 Å². The molecule has 57 heavy (non-hydrogen) atoms. The molecular formula is C51H99NO5. The van der Waals surface area contributed by atoms with E-state index in [9.17, 15) is 19.8 Å². The highest BCUT2D eigenvalue weighted by atomic mass is 16.5. The second-order valence-electron chi connectivity index (χ2n) is 17.6. The highest BCUT2D eigenvalue weighted by Crippen LogP contribution is 2.18. The van der Waals surface area contributed by atoms with Crippen molar-refractivity contribution in [2.75, 3.05) is 6.61 Å². The predicted molar refractivity (Wildman–Crippen MR) is 246 cm³/mol. The van der Waals surface area contributed by atoms with E-state index in [1.807, 2.05) is 0 Å². The number of nitrogens with one attached hydrogen (secondary N) is 1. The molecule has 0 saturated heterocycles. The lowest BCUT2D eigenvalue weighted by molar-refractivity contribution is -0.151. The predicted octanol–water partition coefficient (Wildman–Crippen LogP) is 15.0. The third kappa shape index (κ3) is 41.1. The number of hydrogen-bond acceptors (Lipinski definition) is 5. The molecule has 0 saturated carbocycles. The zero-order valence-corrected chi connectivity index (χ0v) is 38.5. The van der Waals surface area contributed by atoms with Gasteiger partial charge < -0.3 is 20.3 Å². The largest absolute Gasteiger partial charge is 0.462 e. The fourth-order valence-corrected chi connectivity index (χ4v) is 7.96. The molecule has 3 N–H and O–H groups in total. The second kappa shape index (κ2) is 45.7. The van der Waals surface area contributed by atoms with Gasteiger partial charge >= 0.3 is 5.97 Å². The number of carbonyl (C=O) groups is 2. The molecule has 6 heteroatoms. The van der Waals surface area contributed by atoms with E-state index in [0.717, 1.165) is 57.8 Å². The maximum absolute atomic E-state index is 13.2. The highest BCUT2D eigenvalue weighted by Gasteiger charge is 2.24. The number of rotatable bonds is 46. The van der Waals surface area contributed by atoms with Gasteiger partial charge in [0, 0.05) is 6.42 Å². The Kier molecular flexibility index (Phi) is 44.6. The summed E-state index contributed by atoms with van der Waals surface area (Å²) in [6.07, 6.45) is 49.9. The molecule has 0 aliphatic carbocycles. The van der Waals surface area contributed by atoms with Crippen molar-refractivity contribution in [2.24, 2.45) is 0 Å².